The maximum absolute atomic E-state index is 6.10. The zero-order chi connectivity index (χ0) is 12.5. The predicted molar refractivity (Wildman–Crippen MR) is 76.6 cm³/mol. The summed E-state index contributed by atoms with van der Waals surface area (Å²) in [6.07, 6.45) is 6.46. The lowest BCUT2D eigenvalue weighted by Crippen LogP contribution is -2.02. The lowest BCUT2D eigenvalue weighted by atomic mass is 9.87. The lowest BCUT2D eigenvalue weighted by Gasteiger charge is -2.18. The Labute approximate surface area is 117 Å². The van der Waals surface area contributed by atoms with Gasteiger partial charge >= 0.3 is 0 Å². The van der Waals surface area contributed by atoms with Crippen molar-refractivity contribution in [1.29, 1.82) is 0 Å². The summed E-state index contributed by atoms with van der Waals surface area (Å²) < 4.78 is 6.04. The SMILES string of the molecule is ClCc1cc(Cl)cc2cc(C3CCCCC3)oc12. The molecule has 3 rings (SSSR count). The van der Waals surface area contributed by atoms with Crippen LogP contribution in [0, 0.1) is 0 Å². The van der Waals surface area contributed by atoms with Crippen molar-refractivity contribution in [3.63, 3.8) is 0 Å². The quantitative estimate of drug-likeness (QED) is 0.628. The zero-order valence-electron chi connectivity index (χ0n) is 10.2. The van der Waals surface area contributed by atoms with Gasteiger partial charge in [-0.1, -0.05) is 30.9 Å². The molecular formula is C15H16Cl2O. The van der Waals surface area contributed by atoms with Gasteiger partial charge in [-0.3, -0.25) is 0 Å². The summed E-state index contributed by atoms with van der Waals surface area (Å²) in [5, 5.41) is 1.81. The summed E-state index contributed by atoms with van der Waals surface area (Å²) in [7, 11) is 0. The van der Waals surface area contributed by atoms with E-state index in [0.717, 1.165) is 27.3 Å². The van der Waals surface area contributed by atoms with Gasteiger partial charge in [0.1, 0.15) is 11.3 Å². The van der Waals surface area contributed by atoms with Crippen molar-refractivity contribution in [2.24, 2.45) is 0 Å². The van der Waals surface area contributed by atoms with E-state index >= 15 is 0 Å². The van der Waals surface area contributed by atoms with Gasteiger partial charge in [0, 0.05) is 21.9 Å². The molecule has 1 aromatic heterocycles. The highest BCUT2D eigenvalue weighted by molar-refractivity contribution is 6.31. The van der Waals surface area contributed by atoms with Crippen LogP contribution in [0.5, 0.6) is 0 Å². The third-order valence-corrected chi connectivity index (χ3v) is 4.33. The number of halogens is 2. The number of rotatable bonds is 2. The summed E-state index contributed by atoms with van der Waals surface area (Å²) >= 11 is 12.1. The molecule has 1 saturated carbocycles. The maximum Gasteiger partial charge on any atom is 0.138 e. The van der Waals surface area contributed by atoms with Crippen molar-refractivity contribution < 1.29 is 4.42 Å². The smallest absolute Gasteiger partial charge is 0.138 e. The Morgan fingerprint density at radius 3 is 2.61 bits per heavy atom. The summed E-state index contributed by atoms with van der Waals surface area (Å²) in [4.78, 5) is 0. The molecule has 3 heteroatoms. The molecule has 0 saturated heterocycles. The lowest BCUT2D eigenvalue weighted by molar-refractivity contribution is 0.385. The van der Waals surface area contributed by atoms with Gasteiger partial charge in [-0.15, -0.1) is 11.6 Å². The van der Waals surface area contributed by atoms with Crippen LogP contribution in [-0.2, 0) is 5.88 Å². The van der Waals surface area contributed by atoms with E-state index in [1.54, 1.807) is 0 Å². The van der Waals surface area contributed by atoms with Crippen LogP contribution in [-0.4, -0.2) is 0 Å². The molecule has 0 aliphatic heterocycles. The molecular weight excluding hydrogens is 267 g/mol. The number of benzene rings is 1. The molecule has 1 fully saturated rings. The van der Waals surface area contributed by atoms with Gasteiger partial charge in [-0.25, -0.2) is 0 Å². The average Bonchev–Trinajstić information content (AvgIpc) is 2.82. The summed E-state index contributed by atoms with van der Waals surface area (Å²) in [6.45, 7) is 0. The first kappa shape index (κ1) is 12.4. The highest BCUT2D eigenvalue weighted by Crippen LogP contribution is 2.37. The van der Waals surface area contributed by atoms with Crippen LogP contribution in [0.2, 0.25) is 5.02 Å². The fourth-order valence-corrected chi connectivity index (χ4v) is 3.34. The van der Waals surface area contributed by atoms with E-state index < -0.39 is 0 Å². The molecule has 2 aromatic rings. The topological polar surface area (TPSA) is 13.1 Å². The van der Waals surface area contributed by atoms with E-state index in [0.29, 0.717) is 11.8 Å². The summed E-state index contributed by atoms with van der Waals surface area (Å²) in [5.74, 6) is 2.13. The molecule has 0 atom stereocenters. The number of alkyl halides is 1. The first-order valence-electron chi connectivity index (χ1n) is 6.56. The molecule has 0 radical (unpaired) electrons. The third kappa shape index (κ3) is 2.26. The van der Waals surface area contributed by atoms with Crippen LogP contribution < -0.4 is 0 Å². The minimum Gasteiger partial charge on any atom is -0.460 e. The van der Waals surface area contributed by atoms with E-state index in [4.69, 9.17) is 27.6 Å². The minimum atomic E-state index is 0.439. The van der Waals surface area contributed by atoms with Crippen LogP contribution in [0.4, 0.5) is 0 Å². The highest BCUT2D eigenvalue weighted by atomic mass is 35.5. The Morgan fingerprint density at radius 1 is 1.11 bits per heavy atom. The third-order valence-electron chi connectivity index (χ3n) is 3.83. The highest BCUT2D eigenvalue weighted by Gasteiger charge is 2.20. The van der Waals surface area contributed by atoms with E-state index in [9.17, 15) is 0 Å². The molecule has 0 N–H and O–H groups in total. The normalized spacial score (nSPS) is 17.4. The molecule has 0 bridgehead atoms. The second-order valence-electron chi connectivity index (χ2n) is 5.10. The molecule has 18 heavy (non-hydrogen) atoms. The Kier molecular flexibility index (Phi) is 3.54. The number of fused-ring (bicyclic) bond motifs is 1. The Hall–Kier alpha value is -0.660. The van der Waals surface area contributed by atoms with Crippen LogP contribution in [0.1, 0.15) is 49.3 Å². The van der Waals surface area contributed by atoms with Gasteiger partial charge in [-0.2, -0.15) is 0 Å². The maximum atomic E-state index is 6.10. The minimum absolute atomic E-state index is 0.439. The van der Waals surface area contributed by atoms with Crippen molar-refractivity contribution in [2.75, 3.05) is 0 Å². The van der Waals surface area contributed by atoms with Crippen LogP contribution in [0.15, 0.2) is 22.6 Å². The van der Waals surface area contributed by atoms with Gasteiger partial charge in [0.05, 0.1) is 5.88 Å². The molecule has 96 valence electrons. The fraction of sp³-hybridized carbons (Fsp3) is 0.467. The van der Waals surface area contributed by atoms with E-state index in [2.05, 4.69) is 6.07 Å². The molecule has 1 aliphatic carbocycles. The Balaban J connectivity index is 2.04. The fourth-order valence-electron chi connectivity index (χ4n) is 2.89. The largest absolute Gasteiger partial charge is 0.460 e. The first-order chi connectivity index (χ1) is 8.78. The van der Waals surface area contributed by atoms with Gasteiger partial charge in [0.2, 0.25) is 0 Å². The number of hydrogen-bond donors (Lipinski definition) is 0. The molecule has 1 nitrogen and oxygen atoms in total. The summed E-state index contributed by atoms with van der Waals surface area (Å²) in [6, 6.07) is 6.00. The monoisotopic (exact) mass is 282 g/mol. The van der Waals surface area contributed by atoms with Crippen molar-refractivity contribution in [3.8, 4) is 0 Å². The molecule has 0 unspecified atom stereocenters. The molecule has 1 aromatic carbocycles. The van der Waals surface area contributed by atoms with Gasteiger partial charge < -0.3 is 4.42 Å². The second-order valence-corrected chi connectivity index (χ2v) is 5.80. The Bertz CT molecular complexity index is 553. The van der Waals surface area contributed by atoms with Crippen LogP contribution in [0.3, 0.4) is 0 Å². The van der Waals surface area contributed by atoms with Crippen LogP contribution >= 0.6 is 23.2 Å². The zero-order valence-corrected chi connectivity index (χ0v) is 11.7. The van der Waals surface area contributed by atoms with E-state index in [1.165, 1.54) is 32.1 Å². The molecule has 0 amide bonds. The van der Waals surface area contributed by atoms with Gasteiger partial charge in [0.15, 0.2) is 0 Å². The van der Waals surface area contributed by atoms with Gasteiger partial charge in [-0.05, 0) is 31.0 Å². The van der Waals surface area contributed by atoms with E-state index in [-0.39, 0.29) is 0 Å². The number of furan rings is 1. The van der Waals surface area contributed by atoms with E-state index in [1.807, 2.05) is 12.1 Å². The predicted octanol–water partition coefficient (Wildman–Crippen LogP) is 5.87. The van der Waals surface area contributed by atoms with Crippen molar-refractivity contribution in [2.45, 2.75) is 43.9 Å². The van der Waals surface area contributed by atoms with Crippen LogP contribution in [0.25, 0.3) is 11.0 Å². The molecule has 1 heterocycles. The number of hydrogen-bond acceptors (Lipinski definition) is 1. The Morgan fingerprint density at radius 2 is 1.89 bits per heavy atom. The van der Waals surface area contributed by atoms with Crippen molar-refractivity contribution >= 4 is 34.2 Å². The van der Waals surface area contributed by atoms with Crippen molar-refractivity contribution in [3.05, 3.63) is 34.5 Å². The average molecular weight is 283 g/mol. The summed E-state index contributed by atoms with van der Waals surface area (Å²) in [5.41, 5.74) is 1.90. The standard InChI is InChI=1S/C15H16Cl2O/c16-9-12-7-13(17)6-11-8-14(18-15(11)12)10-4-2-1-3-5-10/h6-8,10H,1-5,9H2. The molecule has 0 spiro atoms. The molecule has 1 aliphatic rings. The first-order valence-corrected chi connectivity index (χ1v) is 7.47. The van der Waals surface area contributed by atoms with Gasteiger partial charge in [0.25, 0.3) is 0 Å². The second kappa shape index (κ2) is 5.14. The van der Waals surface area contributed by atoms with Crippen molar-refractivity contribution in [1.82, 2.24) is 0 Å².